The van der Waals surface area contributed by atoms with Gasteiger partial charge in [-0.05, 0) is 67.7 Å². The van der Waals surface area contributed by atoms with E-state index in [2.05, 4.69) is 28.2 Å². The van der Waals surface area contributed by atoms with Crippen LogP contribution in [0.2, 0.25) is 5.02 Å². The van der Waals surface area contributed by atoms with Gasteiger partial charge in [-0.2, -0.15) is 0 Å². The fourth-order valence-electron chi connectivity index (χ4n) is 3.18. The largest absolute Gasteiger partial charge is 0.481 e. The van der Waals surface area contributed by atoms with Crippen LogP contribution in [-0.2, 0) is 22.5 Å². The Balaban J connectivity index is 0.000000343. The summed E-state index contributed by atoms with van der Waals surface area (Å²) in [5.41, 5.74) is 4.52. The molecule has 2 aromatic carbocycles. The first-order chi connectivity index (χ1) is 14.3. The van der Waals surface area contributed by atoms with Gasteiger partial charge in [-0.3, -0.25) is 4.79 Å². The number of carboxylic acid groups (broad SMARTS) is 1. The van der Waals surface area contributed by atoms with Crippen LogP contribution in [0.5, 0.6) is 0 Å². The molecule has 162 valence electrons. The molecule has 1 atom stereocenters. The van der Waals surface area contributed by atoms with E-state index in [0.717, 1.165) is 42.2 Å². The van der Waals surface area contributed by atoms with Crippen LogP contribution in [0, 0.1) is 5.82 Å². The molecule has 30 heavy (non-hydrogen) atoms. The molecule has 0 aromatic heterocycles. The SMILES string of the molecule is C=C(CC(=O)O)OO.CC(Nc1c(Cl)ccc2c1CCNCC2)c1cccc(F)c1. The smallest absolute Gasteiger partial charge is 0.311 e. The van der Waals surface area contributed by atoms with Crippen molar-refractivity contribution >= 4 is 23.3 Å². The van der Waals surface area contributed by atoms with Crippen molar-refractivity contribution in [2.24, 2.45) is 0 Å². The quantitative estimate of drug-likeness (QED) is 0.295. The molecule has 4 N–H and O–H groups in total. The summed E-state index contributed by atoms with van der Waals surface area (Å²) in [7, 11) is 0. The van der Waals surface area contributed by atoms with Crippen LogP contribution in [0.25, 0.3) is 0 Å². The Hall–Kier alpha value is -2.61. The molecule has 1 aliphatic rings. The zero-order valence-electron chi connectivity index (χ0n) is 16.8. The number of hydrogen-bond acceptors (Lipinski definition) is 5. The van der Waals surface area contributed by atoms with E-state index in [9.17, 15) is 9.18 Å². The number of anilines is 1. The minimum atomic E-state index is -1.08. The molecule has 1 unspecified atom stereocenters. The molecule has 0 saturated heterocycles. The number of nitrogens with one attached hydrogen (secondary N) is 2. The first-order valence-corrected chi connectivity index (χ1v) is 9.93. The van der Waals surface area contributed by atoms with Gasteiger partial charge in [-0.15, -0.1) is 0 Å². The standard InChI is InChI=1S/C18H20ClFN2.C4H6O4/c1-12(14-3-2-4-15(20)11-14)22-18-16-8-10-21-9-7-13(16)5-6-17(18)19;1-3(8-7)2-4(5)6/h2-6,11-12,21-22H,7-10H2,1H3;7H,1-2H2,(H,5,6). The van der Waals surface area contributed by atoms with Gasteiger partial charge in [0.15, 0.2) is 0 Å². The maximum Gasteiger partial charge on any atom is 0.311 e. The van der Waals surface area contributed by atoms with E-state index in [1.54, 1.807) is 12.1 Å². The van der Waals surface area contributed by atoms with E-state index in [4.69, 9.17) is 22.0 Å². The van der Waals surface area contributed by atoms with Crippen LogP contribution in [0.15, 0.2) is 48.7 Å². The lowest BCUT2D eigenvalue weighted by molar-refractivity contribution is -0.206. The van der Waals surface area contributed by atoms with Crippen molar-refractivity contribution in [2.45, 2.75) is 32.2 Å². The molecule has 0 fully saturated rings. The van der Waals surface area contributed by atoms with E-state index >= 15 is 0 Å². The van der Waals surface area contributed by atoms with E-state index in [0.29, 0.717) is 0 Å². The van der Waals surface area contributed by atoms with Gasteiger partial charge in [0.05, 0.1) is 10.7 Å². The van der Waals surface area contributed by atoms with E-state index < -0.39 is 5.97 Å². The number of aliphatic carboxylic acids is 1. The number of carbonyl (C=O) groups is 1. The fraction of sp³-hybridized carbons (Fsp3) is 0.318. The summed E-state index contributed by atoms with van der Waals surface area (Å²) in [5, 5.41) is 23.3. The van der Waals surface area contributed by atoms with Gasteiger partial charge >= 0.3 is 5.97 Å². The van der Waals surface area contributed by atoms with Crippen LogP contribution in [0.4, 0.5) is 10.1 Å². The summed E-state index contributed by atoms with van der Waals surface area (Å²) in [4.78, 5) is 13.2. The predicted molar refractivity (Wildman–Crippen MR) is 115 cm³/mol. The molecule has 0 aliphatic carbocycles. The molecule has 8 heteroatoms. The van der Waals surface area contributed by atoms with Crippen LogP contribution < -0.4 is 10.6 Å². The van der Waals surface area contributed by atoms with Crippen molar-refractivity contribution in [2.75, 3.05) is 18.4 Å². The molecule has 1 heterocycles. The average molecular weight is 437 g/mol. The molecule has 2 aromatic rings. The Labute approximate surface area is 180 Å². The Kier molecular flexibility index (Phi) is 9.11. The van der Waals surface area contributed by atoms with Gasteiger partial charge in [0.2, 0.25) is 0 Å². The van der Waals surface area contributed by atoms with Crippen LogP contribution in [0.1, 0.15) is 36.1 Å². The molecule has 0 bridgehead atoms. The zero-order chi connectivity index (χ0) is 22.1. The maximum absolute atomic E-state index is 13.4. The topological polar surface area (TPSA) is 90.8 Å². The molecular formula is C22H26ClFN2O4. The highest BCUT2D eigenvalue weighted by molar-refractivity contribution is 6.33. The normalized spacial score (nSPS) is 13.7. The second kappa shape index (κ2) is 11.5. The minimum absolute atomic E-state index is 0.00378. The Morgan fingerprint density at radius 3 is 2.70 bits per heavy atom. The number of rotatable bonds is 6. The van der Waals surface area contributed by atoms with Gasteiger partial charge < -0.3 is 20.6 Å². The Morgan fingerprint density at radius 1 is 1.33 bits per heavy atom. The van der Waals surface area contributed by atoms with Gasteiger partial charge in [0.25, 0.3) is 0 Å². The second-order valence-electron chi connectivity index (χ2n) is 6.93. The molecule has 0 saturated carbocycles. The van der Waals surface area contributed by atoms with Crippen molar-refractivity contribution in [1.29, 1.82) is 0 Å². The van der Waals surface area contributed by atoms with E-state index in [1.807, 2.05) is 19.1 Å². The fourth-order valence-corrected chi connectivity index (χ4v) is 3.41. The summed E-state index contributed by atoms with van der Waals surface area (Å²) in [5.74, 6) is -1.46. The highest BCUT2D eigenvalue weighted by atomic mass is 35.5. The molecule has 3 rings (SSSR count). The number of fused-ring (bicyclic) bond motifs is 1. The number of benzene rings is 2. The van der Waals surface area contributed by atoms with Crippen molar-refractivity contribution < 1.29 is 24.4 Å². The summed E-state index contributed by atoms with van der Waals surface area (Å²) in [6, 6.07) is 10.8. The number of carboxylic acids is 1. The number of halogens is 2. The number of hydrogen-bond donors (Lipinski definition) is 4. The highest BCUT2D eigenvalue weighted by Gasteiger charge is 2.17. The van der Waals surface area contributed by atoms with Gasteiger partial charge in [-0.25, -0.2) is 9.65 Å². The Morgan fingerprint density at radius 2 is 2.07 bits per heavy atom. The molecular weight excluding hydrogens is 411 g/mol. The zero-order valence-corrected chi connectivity index (χ0v) is 17.5. The van der Waals surface area contributed by atoms with Crippen molar-refractivity contribution in [3.05, 3.63) is 76.3 Å². The first-order valence-electron chi connectivity index (χ1n) is 9.55. The average Bonchev–Trinajstić information content (AvgIpc) is 2.95. The van der Waals surface area contributed by atoms with Crippen LogP contribution >= 0.6 is 11.6 Å². The van der Waals surface area contributed by atoms with Crippen molar-refractivity contribution in [1.82, 2.24) is 5.32 Å². The monoisotopic (exact) mass is 436 g/mol. The van der Waals surface area contributed by atoms with Crippen molar-refractivity contribution in [3.63, 3.8) is 0 Å². The molecule has 0 spiro atoms. The third kappa shape index (κ3) is 7.02. The third-order valence-corrected chi connectivity index (χ3v) is 4.98. The van der Waals surface area contributed by atoms with Crippen molar-refractivity contribution in [3.8, 4) is 0 Å². The first kappa shape index (κ1) is 23.7. The Bertz CT molecular complexity index is 891. The maximum atomic E-state index is 13.4. The lowest BCUT2D eigenvalue weighted by Gasteiger charge is -2.21. The molecule has 6 nitrogen and oxygen atoms in total. The summed E-state index contributed by atoms with van der Waals surface area (Å²) >= 11 is 6.42. The highest BCUT2D eigenvalue weighted by Crippen LogP contribution is 2.33. The molecule has 1 aliphatic heterocycles. The van der Waals surface area contributed by atoms with Gasteiger partial charge in [-0.1, -0.05) is 36.4 Å². The summed E-state index contributed by atoms with van der Waals surface area (Å²) < 4.78 is 13.4. The third-order valence-electron chi connectivity index (χ3n) is 4.67. The van der Waals surface area contributed by atoms with Crippen LogP contribution in [-0.4, -0.2) is 29.4 Å². The predicted octanol–water partition coefficient (Wildman–Crippen LogP) is 4.80. The summed E-state index contributed by atoms with van der Waals surface area (Å²) in [6.45, 7) is 7.04. The van der Waals surface area contributed by atoms with Crippen LogP contribution in [0.3, 0.4) is 0 Å². The summed E-state index contributed by atoms with van der Waals surface area (Å²) in [6.07, 6.45) is 1.60. The van der Waals surface area contributed by atoms with E-state index in [-0.39, 0.29) is 24.0 Å². The van der Waals surface area contributed by atoms with Gasteiger partial charge in [0, 0.05) is 6.04 Å². The minimum Gasteiger partial charge on any atom is -0.481 e. The lowest BCUT2D eigenvalue weighted by Crippen LogP contribution is -2.16. The molecule has 0 amide bonds. The van der Waals surface area contributed by atoms with E-state index in [1.165, 1.54) is 17.2 Å². The molecule has 0 radical (unpaired) electrons. The van der Waals surface area contributed by atoms with Gasteiger partial charge in [0.1, 0.15) is 18.0 Å². The second-order valence-corrected chi connectivity index (χ2v) is 7.34. The lowest BCUT2D eigenvalue weighted by atomic mass is 9.99.